The van der Waals surface area contributed by atoms with Gasteiger partial charge in [0.25, 0.3) is 0 Å². The number of methoxy groups -OCH3 is 2. The molecule has 2 aromatic rings. The molecule has 0 spiro atoms. The van der Waals surface area contributed by atoms with Gasteiger partial charge in [-0.1, -0.05) is 17.7 Å². The first-order valence-corrected chi connectivity index (χ1v) is 7.28. The fraction of sp³-hybridized carbons (Fsp3) is 0.294. The van der Waals surface area contributed by atoms with E-state index in [1.807, 2.05) is 30.3 Å². The minimum atomic E-state index is 0.142. The zero-order chi connectivity index (χ0) is 15.0. The fourth-order valence-electron chi connectivity index (χ4n) is 2.87. The molecule has 110 valence electrons. The van der Waals surface area contributed by atoms with E-state index in [1.54, 1.807) is 14.2 Å². The van der Waals surface area contributed by atoms with Crippen LogP contribution < -0.4 is 14.8 Å². The van der Waals surface area contributed by atoms with Crippen LogP contribution >= 0.6 is 11.6 Å². The lowest BCUT2D eigenvalue weighted by molar-refractivity contribution is 0.396. The highest BCUT2D eigenvalue weighted by molar-refractivity contribution is 6.31. The second-order valence-electron chi connectivity index (χ2n) is 5.23. The van der Waals surface area contributed by atoms with Gasteiger partial charge in [-0.05, 0) is 42.3 Å². The number of hydrogen-bond acceptors (Lipinski definition) is 3. The molecule has 1 unspecified atom stereocenters. The molecule has 1 atom stereocenters. The molecule has 0 aliphatic carbocycles. The molecule has 0 bridgehead atoms. The summed E-state index contributed by atoms with van der Waals surface area (Å²) in [4.78, 5) is 0. The third kappa shape index (κ3) is 2.42. The average molecular weight is 304 g/mol. The number of rotatable bonds is 3. The summed E-state index contributed by atoms with van der Waals surface area (Å²) in [7, 11) is 3.36. The van der Waals surface area contributed by atoms with E-state index < -0.39 is 0 Å². The Morgan fingerprint density at radius 2 is 1.95 bits per heavy atom. The zero-order valence-electron chi connectivity index (χ0n) is 12.4. The van der Waals surface area contributed by atoms with E-state index in [-0.39, 0.29) is 6.04 Å². The number of benzene rings is 2. The van der Waals surface area contributed by atoms with E-state index in [4.69, 9.17) is 21.1 Å². The van der Waals surface area contributed by atoms with E-state index in [2.05, 4.69) is 12.2 Å². The van der Waals surface area contributed by atoms with Gasteiger partial charge >= 0.3 is 0 Å². The number of fused-ring (bicyclic) bond motifs is 1. The van der Waals surface area contributed by atoms with Crippen molar-refractivity contribution in [2.24, 2.45) is 0 Å². The quantitative estimate of drug-likeness (QED) is 0.913. The number of aryl methyl sites for hydroxylation is 1. The first-order valence-electron chi connectivity index (χ1n) is 6.90. The fourth-order valence-corrected chi connectivity index (χ4v) is 3.10. The highest BCUT2D eigenvalue weighted by Gasteiger charge is 2.27. The molecular formula is C17H18ClNO2. The number of hydrogen-bond donors (Lipinski definition) is 1. The highest BCUT2D eigenvalue weighted by Crippen LogP contribution is 2.43. The van der Waals surface area contributed by atoms with Gasteiger partial charge in [0, 0.05) is 22.7 Å². The SMILES string of the molecule is COc1ccc(OC)c(C2Cc3c(Cl)ccc(C)c3N2)c1. The lowest BCUT2D eigenvalue weighted by atomic mass is 10.0. The number of halogens is 1. The van der Waals surface area contributed by atoms with Crippen LogP contribution in [-0.4, -0.2) is 14.2 Å². The van der Waals surface area contributed by atoms with Gasteiger partial charge in [-0.3, -0.25) is 0 Å². The molecule has 1 heterocycles. The van der Waals surface area contributed by atoms with Crippen LogP contribution in [0.2, 0.25) is 5.02 Å². The van der Waals surface area contributed by atoms with Crippen LogP contribution in [0.25, 0.3) is 0 Å². The summed E-state index contributed by atoms with van der Waals surface area (Å²) in [6.45, 7) is 2.09. The van der Waals surface area contributed by atoms with Crippen LogP contribution in [0.15, 0.2) is 30.3 Å². The van der Waals surface area contributed by atoms with Crippen molar-refractivity contribution >= 4 is 17.3 Å². The Labute approximate surface area is 129 Å². The molecule has 1 N–H and O–H groups in total. The Morgan fingerprint density at radius 1 is 1.14 bits per heavy atom. The molecule has 21 heavy (non-hydrogen) atoms. The van der Waals surface area contributed by atoms with E-state index in [1.165, 1.54) is 11.1 Å². The molecular weight excluding hydrogens is 286 g/mol. The lowest BCUT2D eigenvalue weighted by Gasteiger charge is -2.17. The summed E-state index contributed by atoms with van der Waals surface area (Å²) in [6, 6.07) is 10.0. The van der Waals surface area contributed by atoms with Gasteiger partial charge in [0.15, 0.2) is 0 Å². The number of ether oxygens (including phenoxy) is 2. The van der Waals surface area contributed by atoms with Crippen LogP contribution in [0, 0.1) is 6.92 Å². The summed E-state index contributed by atoms with van der Waals surface area (Å²) in [5, 5.41) is 4.38. The van der Waals surface area contributed by atoms with Gasteiger partial charge < -0.3 is 14.8 Å². The predicted molar refractivity (Wildman–Crippen MR) is 85.8 cm³/mol. The summed E-state index contributed by atoms with van der Waals surface area (Å²) in [6.07, 6.45) is 0.847. The van der Waals surface area contributed by atoms with Crippen molar-refractivity contribution in [1.82, 2.24) is 0 Å². The molecule has 0 fully saturated rings. The standard InChI is InChI=1S/C17H18ClNO2/c1-10-4-6-14(18)12-9-15(19-17(10)12)13-8-11(20-2)5-7-16(13)21-3/h4-8,15,19H,9H2,1-3H3. The van der Waals surface area contributed by atoms with E-state index >= 15 is 0 Å². The Kier molecular flexibility index (Phi) is 3.68. The van der Waals surface area contributed by atoms with Gasteiger partial charge in [0.1, 0.15) is 11.5 Å². The van der Waals surface area contributed by atoms with E-state index in [0.717, 1.165) is 34.2 Å². The Balaban J connectivity index is 2.01. The monoisotopic (exact) mass is 303 g/mol. The third-order valence-electron chi connectivity index (χ3n) is 4.00. The summed E-state index contributed by atoms with van der Waals surface area (Å²) in [5.74, 6) is 1.68. The van der Waals surface area contributed by atoms with Crippen molar-refractivity contribution in [3.63, 3.8) is 0 Å². The maximum atomic E-state index is 6.33. The van der Waals surface area contributed by atoms with Crippen LogP contribution in [0.3, 0.4) is 0 Å². The van der Waals surface area contributed by atoms with Crippen molar-refractivity contribution in [3.05, 3.63) is 52.0 Å². The molecule has 0 saturated heterocycles. The highest BCUT2D eigenvalue weighted by atomic mass is 35.5. The Bertz CT molecular complexity index is 654. The second kappa shape index (κ2) is 5.49. The third-order valence-corrected chi connectivity index (χ3v) is 4.36. The van der Waals surface area contributed by atoms with Gasteiger partial charge in [-0.2, -0.15) is 0 Å². The van der Waals surface area contributed by atoms with Crippen molar-refractivity contribution in [2.75, 3.05) is 19.5 Å². The molecule has 4 heteroatoms. The first-order chi connectivity index (χ1) is 10.1. The minimum absolute atomic E-state index is 0.142. The van der Waals surface area contributed by atoms with Gasteiger partial charge in [0.2, 0.25) is 0 Å². The number of nitrogens with one attached hydrogen (secondary N) is 1. The maximum Gasteiger partial charge on any atom is 0.124 e. The first kappa shape index (κ1) is 14.1. The molecule has 3 nitrogen and oxygen atoms in total. The second-order valence-corrected chi connectivity index (χ2v) is 5.63. The van der Waals surface area contributed by atoms with Crippen molar-refractivity contribution < 1.29 is 9.47 Å². The van der Waals surface area contributed by atoms with Crippen molar-refractivity contribution in [1.29, 1.82) is 0 Å². The maximum absolute atomic E-state index is 6.33. The van der Waals surface area contributed by atoms with Crippen LogP contribution in [-0.2, 0) is 6.42 Å². The predicted octanol–water partition coefficient (Wildman–Crippen LogP) is 4.37. The van der Waals surface area contributed by atoms with Gasteiger partial charge in [0.05, 0.1) is 20.3 Å². The molecule has 0 saturated carbocycles. The molecule has 3 rings (SSSR count). The van der Waals surface area contributed by atoms with Crippen molar-refractivity contribution in [3.8, 4) is 11.5 Å². The normalized spacial score (nSPS) is 16.3. The summed E-state index contributed by atoms with van der Waals surface area (Å²) < 4.78 is 10.8. The Morgan fingerprint density at radius 3 is 2.62 bits per heavy atom. The molecule has 0 radical (unpaired) electrons. The van der Waals surface area contributed by atoms with Crippen LogP contribution in [0.4, 0.5) is 5.69 Å². The minimum Gasteiger partial charge on any atom is -0.497 e. The molecule has 0 amide bonds. The van der Waals surface area contributed by atoms with Crippen molar-refractivity contribution in [2.45, 2.75) is 19.4 Å². The Hall–Kier alpha value is -1.87. The van der Waals surface area contributed by atoms with E-state index in [0.29, 0.717) is 0 Å². The average Bonchev–Trinajstić information content (AvgIpc) is 2.96. The largest absolute Gasteiger partial charge is 0.497 e. The zero-order valence-corrected chi connectivity index (χ0v) is 13.1. The van der Waals surface area contributed by atoms with Crippen LogP contribution in [0.1, 0.15) is 22.7 Å². The smallest absolute Gasteiger partial charge is 0.124 e. The molecule has 1 aliphatic rings. The molecule has 0 aromatic heterocycles. The summed E-state index contributed by atoms with van der Waals surface area (Å²) in [5.41, 5.74) is 4.60. The van der Waals surface area contributed by atoms with Gasteiger partial charge in [-0.25, -0.2) is 0 Å². The molecule has 1 aliphatic heterocycles. The topological polar surface area (TPSA) is 30.5 Å². The van der Waals surface area contributed by atoms with Crippen LogP contribution in [0.5, 0.6) is 11.5 Å². The number of anilines is 1. The molecule has 2 aromatic carbocycles. The summed E-state index contributed by atoms with van der Waals surface area (Å²) >= 11 is 6.33. The van der Waals surface area contributed by atoms with E-state index in [9.17, 15) is 0 Å². The lowest BCUT2D eigenvalue weighted by Crippen LogP contribution is -2.08. The van der Waals surface area contributed by atoms with Gasteiger partial charge in [-0.15, -0.1) is 0 Å².